The van der Waals surface area contributed by atoms with Gasteiger partial charge in [-0.05, 0) is 41.8 Å². The predicted molar refractivity (Wildman–Crippen MR) is 98.9 cm³/mol. The summed E-state index contributed by atoms with van der Waals surface area (Å²) in [6.45, 7) is 0.913. The van der Waals surface area contributed by atoms with Crippen LogP contribution in [0.1, 0.15) is 11.0 Å². The lowest BCUT2D eigenvalue weighted by molar-refractivity contribution is 0.641. The normalized spacial score (nSPS) is 17.5. The van der Waals surface area contributed by atoms with Crippen molar-refractivity contribution in [3.8, 4) is 0 Å². The van der Waals surface area contributed by atoms with E-state index in [2.05, 4.69) is 100 Å². The second-order valence-electron chi connectivity index (χ2n) is 5.50. The largest absolute Gasteiger partial charge is 0.343 e. The molecule has 0 aliphatic carbocycles. The molecule has 3 heteroatoms. The van der Waals surface area contributed by atoms with E-state index in [0.29, 0.717) is 0 Å². The molecular formula is C20H18N2S. The Balaban J connectivity index is 1.80. The van der Waals surface area contributed by atoms with Crippen LogP contribution in [0.4, 0.5) is 11.4 Å². The molecule has 2 nitrogen and oxygen atoms in total. The number of rotatable bonds is 3. The van der Waals surface area contributed by atoms with Crippen molar-refractivity contribution in [2.24, 2.45) is 0 Å². The van der Waals surface area contributed by atoms with Gasteiger partial charge in [-0.3, -0.25) is 0 Å². The molecule has 1 aliphatic heterocycles. The summed E-state index contributed by atoms with van der Waals surface area (Å²) in [6, 6.07) is 25.6. The van der Waals surface area contributed by atoms with Crippen LogP contribution in [0.15, 0.2) is 90.5 Å². The fraction of sp³-hybridized carbons (Fsp3) is 0.100. The van der Waals surface area contributed by atoms with Crippen LogP contribution in [0.3, 0.4) is 0 Å². The first-order valence-corrected chi connectivity index (χ1v) is 8.66. The third-order valence-corrected chi connectivity index (χ3v) is 4.98. The molecule has 0 bridgehead atoms. The Morgan fingerprint density at radius 3 is 2.13 bits per heavy atom. The van der Waals surface area contributed by atoms with Crippen LogP contribution in [0.2, 0.25) is 0 Å². The lowest BCUT2D eigenvalue weighted by Gasteiger charge is -2.42. The summed E-state index contributed by atoms with van der Waals surface area (Å²) < 4.78 is 0. The van der Waals surface area contributed by atoms with Crippen LogP contribution >= 0.6 is 11.3 Å². The summed E-state index contributed by atoms with van der Waals surface area (Å²) >= 11 is 1.81. The molecule has 4 rings (SSSR count). The van der Waals surface area contributed by atoms with E-state index in [1.165, 1.54) is 16.3 Å². The highest BCUT2D eigenvalue weighted by atomic mass is 32.1. The summed E-state index contributed by atoms with van der Waals surface area (Å²) in [6.07, 6.45) is 4.62. The first-order chi connectivity index (χ1) is 11.4. The van der Waals surface area contributed by atoms with Gasteiger partial charge >= 0.3 is 0 Å². The molecule has 0 saturated carbocycles. The lowest BCUT2D eigenvalue weighted by Crippen LogP contribution is -2.42. The maximum absolute atomic E-state index is 2.44. The fourth-order valence-corrected chi connectivity index (χ4v) is 3.86. The van der Waals surface area contributed by atoms with Crippen LogP contribution in [0.5, 0.6) is 0 Å². The standard InChI is InChI=1S/C20H18N2S/c1-3-9-17(10-4-1)21-14-8-15-22(18-11-5-2-6-12-18)20(21)19-13-7-16-23-19/h1-14,16,20H,15H2. The molecule has 0 spiro atoms. The van der Waals surface area contributed by atoms with E-state index in [1.54, 1.807) is 0 Å². The van der Waals surface area contributed by atoms with Crippen molar-refractivity contribution in [1.82, 2.24) is 0 Å². The summed E-state index contributed by atoms with van der Waals surface area (Å²) in [4.78, 5) is 6.14. The molecule has 114 valence electrons. The van der Waals surface area contributed by atoms with Crippen LogP contribution in [0.25, 0.3) is 0 Å². The fourth-order valence-electron chi connectivity index (χ4n) is 3.03. The quantitative estimate of drug-likeness (QED) is 0.647. The van der Waals surface area contributed by atoms with Crippen LogP contribution in [-0.4, -0.2) is 6.54 Å². The molecule has 1 unspecified atom stereocenters. The molecule has 2 heterocycles. The van der Waals surface area contributed by atoms with E-state index >= 15 is 0 Å². The average molecular weight is 318 g/mol. The Kier molecular flexibility index (Phi) is 3.86. The Morgan fingerprint density at radius 1 is 0.783 bits per heavy atom. The second kappa shape index (κ2) is 6.31. The third-order valence-electron chi connectivity index (χ3n) is 4.07. The highest BCUT2D eigenvalue weighted by molar-refractivity contribution is 7.10. The van der Waals surface area contributed by atoms with Gasteiger partial charge in [0.2, 0.25) is 0 Å². The number of benzene rings is 2. The predicted octanol–water partition coefficient (Wildman–Crippen LogP) is 5.29. The van der Waals surface area contributed by atoms with Crippen LogP contribution in [0, 0.1) is 0 Å². The molecule has 0 fully saturated rings. The number of nitrogens with zero attached hydrogens (tertiary/aromatic N) is 2. The minimum Gasteiger partial charge on any atom is -0.343 e. The van der Waals surface area contributed by atoms with Gasteiger partial charge in [-0.25, -0.2) is 0 Å². The van der Waals surface area contributed by atoms with Gasteiger partial charge in [0.25, 0.3) is 0 Å². The molecule has 1 aliphatic rings. The van der Waals surface area contributed by atoms with Gasteiger partial charge in [0, 0.05) is 29.0 Å². The number of anilines is 2. The molecule has 0 saturated heterocycles. The third kappa shape index (κ3) is 2.76. The van der Waals surface area contributed by atoms with Crippen molar-refractivity contribution in [2.75, 3.05) is 16.3 Å². The van der Waals surface area contributed by atoms with E-state index in [0.717, 1.165) is 6.54 Å². The minimum atomic E-state index is 0.185. The van der Waals surface area contributed by atoms with Gasteiger partial charge in [-0.1, -0.05) is 42.5 Å². The van der Waals surface area contributed by atoms with Gasteiger partial charge in [-0.15, -0.1) is 11.3 Å². The highest BCUT2D eigenvalue weighted by Gasteiger charge is 2.29. The monoisotopic (exact) mass is 318 g/mol. The Morgan fingerprint density at radius 2 is 1.48 bits per heavy atom. The topological polar surface area (TPSA) is 6.48 Å². The molecular weight excluding hydrogens is 300 g/mol. The summed E-state index contributed by atoms with van der Waals surface area (Å²) in [7, 11) is 0. The SMILES string of the molecule is C1=CN(c2ccccc2)C(c2cccs2)N(c2ccccc2)C1. The smallest absolute Gasteiger partial charge is 0.141 e. The van der Waals surface area contributed by atoms with Gasteiger partial charge < -0.3 is 9.80 Å². The summed E-state index contributed by atoms with van der Waals surface area (Å²) in [5.74, 6) is 0. The van der Waals surface area contributed by atoms with E-state index in [4.69, 9.17) is 0 Å². The van der Waals surface area contributed by atoms with Gasteiger partial charge in [0.05, 0.1) is 0 Å². The van der Waals surface area contributed by atoms with Gasteiger partial charge in [-0.2, -0.15) is 0 Å². The Bertz CT molecular complexity index is 766. The Labute approximate surface area is 140 Å². The molecule has 0 radical (unpaired) electrons. The summed E-state index contributed by atoms with van der Waals surface area (Å²) in [5, 5.41) is 2.15. The molecule has 1 aromatic heterocycles. The maximum atomic E-state index is 2.44. The first-order valence-electron chi connectivity index (χ1n) is 7.78. The minimum absolute atomic E-state index is 0.185. The van der Waals surface area contributed by atoms with Crippen LogP contribution < -0.4 is 9.80 Å². The van der Waals surface area contributed by atoms with E-state index in [1.807, 2.05) is 11.3 Å². The second-order valence-corrected chi connectivity index (χ2v) is 6.48. The highest BCUT2D eigenvalue weighted by Crippen LogP contribution is 2.37. The zero-order chi connectivity index (χ0) is 15.5. The molecule has 3 aromatic rings. The van der Waals surface area contributed by atoms with E-state index in [-0.39, 0.29) is 6.17 Å². The van der Waals surface area contributed by atoms with Crippen LogP contribution in [-0.2, 0) is 0 Å². The number of para-hydroxylation sites is 2. The zero-order valence-corrected chi connectivity index (χ0v) is 13.6. The lowest BCUT2D eigenvalue weighted by atomic mass is 10.1. The number of thiophene rings is 1. The van der Waals surface area contributed by atoms with Crippen molar-refractivity contribution in [2.45, 2.75) is 6.17 Å². The number of hydrogen-bond acceptors (Lipinski definition) is 3. The average Bonchev–Trinajstić information content (AvgIpc) is 3.17. The Hall–Kier alpha value is -2.52. The van der Waals surface area contributed by atoms with Crippen molar-refractivity contribution in [3.05, 3.63) is 95.3 Å². The zero-order valence-electron chi connectivity index (χ0n) is 12.7. The molecule has 0 N–H and O–H groups in total. The van der Waals surface area contributed by atoms with Crippen molar-refractivity contribution in [1.29, 1.82) is 0 Å². The van der Waals surface area contributed by atoms with Gasteiger partial charge in [0.15, 0.2) is 0 Å². The number of hydrogen-bond donors (Lipinski definition) is 0. The summed E-state index contributed by atoms with van der Waals surface area (Å²) in [5.41, 5.74) is 2.46. The van der Waals surface area contributed by atoms with E-state index < -0.39 is 0 Å². The van der Waals surface area contributed by atoms with Crippen molar-refractivity contribution < 1.29 is 0 Å². The molecule has 23 heavy (non-hydrogen) atoms. The molecule has 2 aromatic carbocycles. The van der Waals surface area contributed by atoms with Crippen molar-refractivity contribution >= 4 is 22.7 Å². The first kappa shape index (κ1) is 14.1. The van der Waals surface area contributed by atoms with E-state index in [9.17, 15) is 0 Å². The molecule has 1 atom stereocenters. The maximum Gasteiger partial charge on any atom is 0.141 e. The molecule has 0 amide bonds. The van der Waals surface area contributed by atoms with Gasteiger partial charge in [0.1, 0.15) is 6.17 Å². The van der Waals surface area contributed by atoms with Crippen molar-refractivity contribution in [3.63, 3.8) is 0 Å².